The Hall–Kier alpha value is -4.10. The topological polar surface area (TPSA) is 81.5 Å². The standard InChI is InChI=1S/C28H24N2O4S/c31-27(34-26-18-16-25(17-19-26)30(32)33)29-20-21-35-28(22-10-4-1-5-11-22,23-12-6-2-7-13-23)24-14-8-3-9-15-24/h1-19H,20-21H2,(H,29,31). The molecule has 4 rings (SSSR count). The zero-order chi connectivity index (χ0) is 24.5. The summed E-state index contributed by atoms with van der Waals surface area (Å²) >= 11 is 1.74. The van der Waals surface area contributed by atoms with Crippen molar-refractivity contribution in [1.29, 1.82) is 0 Å². The molecule has 0 fully saturated rings. The van der Waals surface area contributed by atoms with Crippen LogP contribution in [-0.4, -0.2) is 23.3 Å². The van der Waals surface area contributed by atoms with Crippen LogP contribution in [0.3, 0.4) is 0 Å². The number of amides is 1. The van der Waals surface area contributed by atoms with E-state index in [1.165, 1.54) is 24.3 Å². The third-order valence-corrected chi connectivity index (χ3v) is 7.04. The van der Waals surface area contributed by atoms with Gasteiger partial charge in [-0.25, -0.2) is 4.79 Å². The van der Waals surface area contributed by atoms with E-state index in [1.54, 1.807) is 11.8 Å². The summed E-state index contributed by atoms with van der Waals surface area (Å²) in [5.41, 5.74) is 3.39. The van der Waals surface area contributed by atoms with Crippen LogP contribution in [0.1, 0.15) is 16.7 Å². The molecule has 0 atom stereocenters. The van der Waals surface area contributed by atoms with Crippen LogP contribution in [0.5, 0.6) is 5.75 Å². The van der Waals surface area contributed by atoms with E-state index >= 15 is 0 Å². The minimum atomic E-state index is -0.607. The van der Waals surface area contributed by atoms with Gasteiger partial charge in [0, 0.05) is 24.4 Å². The Morgan fingerprint density at radius 1 is 0.771 bits per heavy atom. The van der Waals surface area contributed by atoms with Gasteiger partial charge in [0.2, 0.25) is 0 Å². The van der Waals surface area contributed by atoms with Gasteiger partial charge in [0.05, 0.1) is 9.67 Å². The maximum absolute atomic E-state index is 12.3. The SMILES string of the molecule is O=C(NCCSC(c1ccccc1)(c1ccccc1)c1ccccc1)Oc1ccc([N+](=O)[O-])cc1. The van der Waals surface area contributed by atoms with Crippen LogP contribution in [0.4, 0.5) is 10.5 Å². The van der Waals surface area contributed by atoms with Gasteiger partial charge in [-0.05, 0) is 28.8 Å². The highest BCUT2D eigenvalue weighted by Crippen LogP contribution is 2.48. The second-order valence-electron chi connectivity index (χ2n) is 7.70. The van der Waals surface area contributed by atoms with Gasteiger partial charge in [-0.3, -0.25) is 10.1 Å². The van der Waals surface area contributed by atoms with E-state index in [4.69, 9.17) is 4.74 Å². The van der Waals surface area contributed by atoms with Gasteiger partial charge >= 0.3 is 6.09 Å². The Balaban J connectivity index is 1.50. The molecule has 4 aromatic rings. The predicted molar refractivity (Wildman–Crippen MR) is 139 cm³/mol. The van der Waals surface area contributed by atoms with Crippen LogP contribution in [0, 0.1) is 10.1 Å². The number of ether oxygens (including phenoxy) is 1. The molecule has 35 heavy (non-hydrogen) atoms. The number of nitrogens with zero attached hydrogens (tertiary/aromatic N) is 1. The summed E-state index contributed by atoms with van der Waals surface area (Å²) in [6.45, 7) is 0.380. The molecule has 0 unspecified atom stereocenters. The Morgan fingerprint density at radius 3 is 1.66 bits per heavy atom. The zero-order valence-electron chi connectivity index (χ0n) is 18.9. The molecule has 0 aliphatic carbocycles. The lowest BCUT2D eigenvalue weighted by Crippen LogP contribution is -2.31. The molecule has 0 heterocycles. The molecular weight excluding hydrogens is 460 g/mol. The number of nitrogens with one attached hydrogen (secondary N) is 1. The zero-order valence-corrected chi connectivity index (χ0v) is 19.7. The molecule has 1 N–H and O–H groups in total. The van der Waals surface area contributed by atoms with E-state index in [9.17, 15) is 14.9 Å². The second-order valence-corrected chi connectivity index (χ2v) is 9.00. The maximum atomic E-state index is 12.3. The normalized spacial score (nSPS) is 11.0. The first-order valence-electron chi connectivity index (χ1n) is 11.1. The molecular formula is C28H24N2O4S. The highest BCUT2D eigenvalue weighted by molar-refractivity contribution is 8.00. The van der Waals surface area contributed by atoms with Gasteiger partial charge in [0.1, 0.15) is 5.75 Å². The summed E-state index contributed by atoms with van der Waals surface area (Å²) in [5, 5.41) is 13.6. The van der Waals surface area contributed by atoms with Gasteiger partial charge in [-0.1, -0.05) is 91.0 Å². The molecule has 4 aromatic carbocycles. The van der Waals surface area contributed by atoms with Gasteiger partial charge in [-0.2, -0.15) is 0 Å². The van der Waals surface area contributed by atoms with Gasteiger partial charge in [0.25, 0.3) is 5.69 Å². The Bertz CT molecular complexity index is 1150. The quantitative estimate of drug-likeness (QED) is 0.129. The first kappa shape index (κ1) is 24.0. The van der Waals surface area contributed by atoms with E-state index in [2.05, 4.69) is 41.7 Å². The van der Waals surface area contributed by atoms with E-state index in [1.807, 2.05) is 54.6 Å². The van der Waals surface area contributed by atoms with Crippen LogP contribution in [-0.2, 0) is 4.75 Å². The van der Waals surface area contributed by atoms with Crippen molar-refractivity contribution >= 4 is 23.5 Å². The van der Waals surface area contributed by atoms with E-state index in [0.29, 0.717) is 12.3 Å². The predicted octanol–water partition coefficient (Wildman–Crippen LogP) is 6.41. The molecule has 0 saturated heterocycles. The molecule has 1 amide bonds. The first-order chi connectivity index (χ1) is 17.1. The average Bonchev–Trinajstić information content (AvgIpc) is 2.91. The Kier molecular flexibility index (Phi) is 7.80. The molecule has 0 radical (unpaired) electrons. The number of non-ortho nitro benzene ring substituents is 1. The molecule has 6 nitrogen and oxygen atoms in total. The second kappa shape index (κ2) is 11.4. The number of nitro benzene ring substituents is 1. The smallest absolute Gasteiger partial charge is 0.410 e. The molecule has 176 valence electrons. The number of hydrogen-bond acceptors (Lipinski definition) is 5. The largest absolute Gasteiger partial charge is 0.412 e. The number of benzene rings is 4. The monoisotopic (exact) mass is 484 g/mol. The summed E-state index contributed by atoms with van der Waals surface area (Å²) in [5.74, 6) is 0.863. The van der Waals surface area contributed by atoms with Crippen molar-refractivity contribution in [2.75, 3.05) is 12.3 Å². The van der Waals surface area contributed by atoms with Crippen LogP contribution < -0.4 is 10.1 Å². The fourth-order valence-electron chi connectivity index (χ4n) is 3.90. The molecule has 0 aliphatic rings. The first-order valence-corrected chi connectivity index (χ1v) is 12.1. The number of carbonyl (C=O) groups excluding carboxylic acids is 1. The summed E-state index contributed by atoms with van der Waals surface area (Å²) in [6, 6.07) is 36.4. The van der Waals surface area contributed by atoms with Gasteiger partial charge < -0.3 is 10.1 Å². The van der Waals surface area contributed by atoms with E-state index in [0.717, 1.165) is 16.7 Å². The molecule has 0 saturated carbocycles. The lowest BCUT2D eigenvalue weighted by atomic mass is 9.84. The van der Waals surface area contributed by atoms with Crippen molar-refractivity contribution in [3.8, 4) is 5.75 Å². The van der Waals surface area contributed by atoms with Crippen molar-refractivity contribution < 1.29 is 14.5 Å². The Morgan fingerprint density at radius 2 is 1.23 bits per heavy atom. The summed E-state index contributed by atoms with van der Waals surface area (Å²) in [4.78, 5) is 22.6. The maximum Gasteiger partial charge on any atom is 0.412 e. The van der Waals surface area contributed by atoms with Crippen molar-refractivity contribution in [2.24, 2.45) is 0 Å². The third kappa shape index (κ3) is 5.70. The lowest BCUT2D eigenvalue weighted by Gasteiger charge is -2.35. The highest BCUT2D eigenvalue weighted by Gasteiger charge is 2.36. The number of nitro groups is 1. The van der Waals surface area contributed by atoms with Crippen LogP contribution in [0.15, 0.2) is 115 Å². The highest BCUT2D eigenvalue weighted by atomic mass is 32.2. The Labute approximate surface area is 208 Å². The fraction of sp³-hybridized carbons (Fsp3) is 0.107. The van der Waals surface area contributed by atoms with Gasteiger partial charge in [-0.15, -0.1) is 11.8 Å². The fourth-order valence-corrected chi connectivity index (χ4v) is 5.32. The summed E-state index contributed by atoms with van der Waals surface area (Å²) in [6.07, 6.45) is -0.607. The third-order valence-electron chi connectivity index (χ3n) is 5.49. The van der Waals surface area contributed by atoms with Crippen LogP contribution in [0.25, 0.3) is 0 Å². The number of hydrogen-bond donors (Lipinski definition) is 1. The minimum absolute atomic E-state index is 0.0618. The molecule has 0 spiro atoms. The lowest BCUT2D eigenvalue weighted by molar-refractivity contribution is -0.384. The van der Waals surface area contributed by atoms with E-state index < -0.39 is 15.8 Å². The minimum Gasteiger partial charge on any atom is -0.410 e. The van der Waals surface area contributed by atoms with E-state index in [-0.39, 0.29) is 11.4 Å². The van der Waals surface area contributed by atoms with Crippen LogP contribution in [0.2, 0.25) is 0 Å². The molecule has 0 aliphatic heterocycles. The van der Waals surface area contributed by atoms with Crippen molar-refractivity contribution in [3.63, 3.8) is 0 Å². The summed E-state index contributed by atoms with van der Waals surface area (Å²) in [7, 11) is 0. The molecule has 7 heteroatoms. The number of rotatable bonds is 9. The van der Waals surface area contributed by atoms with Gasteiger partial charge in [0.15, 0.2) is 0 Å². The number of thioether (sulfide) groups is 1. The average molecular weight is 485 g/mol. The molecule has 0 aromatic heterocycles. The van der Waals surface area contributed by atoms with Crippen LogP contribution >= 0.6 is 11.8 Å². The number of carbonyl (C=O) groups is 1. The van der Waals surface area contributed by atoms with Crippen molar-refractivity contribution in [1.82, 2.24) is 5.32 Å². The van der Waals surface area contributed by atoms with Crippen molar-refractivity contribution in [2.45, 2.75) is 4.75 Å². The summed E-state index contributed by atoms with van der Waals surface area (Å²) < 4.78 is 4.79. The van der Waals surface area contributed by atoms with Crippen molar-refractivity contribution in [3.05, 3.63) is 142 Å². The molecule has 0 bridgehead atoms.